The summed E-state index contributed by atoms with van der Waals surface area (Å²) in [7, 11) is 0. The number of carbonyl (C=O) groups is 1. The maximum Gasteiger partial charge on any atom is 0.232 e. The van der Waals surface area contributed by atoms with Crippen molar-refractivity contribution in [3.63, 3.8) is 0 Å². The van der Waals surface area contributed by atoms with Crippen molar-refractivity contribution in [1.82, 2.24) is 4.90 Å². The highest BCUT2D eigenvalue weighted by atomic mass is 32.2. The standard InChI is InChI=1S/C13H18N2OS/c14-8-12-9-17-10-13(16)15(12)7-6-11-4-2-1-3-5-11/h1-5,12H,6-10,14H2. The molecule has 1 amide bonds. The molecule has 0 spiro atoms. The van der Waals surface area contributed by atoms with Gasteiger partial charge in [0, 0.05) is 18.8 Å². The number of carbonyl (C=O) groups excluding carboxylic acids is 1. The number of rotatable bonds is 4. The Kier molecular flexibility index (Phi) is 4.45. The normalized spacial score (nSPS) is 20.6. The molecule has 1 aliphatic rings. The average molecular weight is 250 g/mol. The third-order valence-electron chi connectivity index (χ3n) is 3.05. The molecule has 1 aromatic rings. The molecule has 1 heterocycles. The van der Waals surface area contributed by atoms with Gasteiger partial charge in [-0.15, -0.1) is 11.8 Å². The van der Waals surface area contributed by atoms with Crippen LogP contribution >= 0.6 is 11.8 Å². The number of hydrogen-bond donors (Lipinski definition) is 1. The maximum atomic E-state index is 11.8. The minimum absolute atomic E-state index is 0.213. The first-order valence-electron chi connectivity index (χ1n) is 5.92. The van der Waals surface area contributed by atoms with Crippen molar-refractivity contribution < 1.29 is 4.79 Å². The molecule has 1 aliphatic heterocycles. The molecule has 1 unspecified atom stereocenters. The zero-order valence-electron chi connectivity index (χ0n) is 9.84. The van der Waals surface area contributed by atoms with Gasteiger partial charge in [0.05, 0.1) is 11.8 Å². The Labute approximate surface area is 106 Å². The zero-order valence-corrected chi connectivity index (χ0v) is 10.7. The van der Waals surface area contributed by atoms with Crippen LogP contribution in [0.15, 0.2) is 30.3 Å². The average Bonchev–Trinajstić information content (AvgIpc) is 2.38. The predicted molar refractivity (Wildman–Crippen MR) is 72.0 cm³/mol. The number of thioether (sulfide) groups is 1. The van der Waals surface area contributed by atoms with Crippen molar-refractivity contribution >= 4 is 17.7 Å². The second-order valence-electron chi connectivity index (χ2n) is 4.23. The van der Waals surface area contributed by atoms with Crippen LogP contribution in [0.3, 0.4) is 0 Å². The predicted octanol–water partition coefficient (Wildman–Crippen LogP) is 1.13. The molecule has 2 rings (SSSR count). The van der Waals surface area contributed by atoms with Crippen molar-refractivity contribution in [2.24, 2.45) is 5.73 Å². The Hall–Kier alpha value is -1.00. The largest absolute Gasteiger partial charge is 0.337 e. The van der Waals surface area contributed by atoms with E-state index in [2.05, 4.69) is 12.1 Å². The van der Waals surface area contributed by atoms with E-state index in [9.17, 15) is 4.79 Å². The number of hydrogen-bond acceptors (Lipinski definition) is 3. The van der Waals surface area contributed by atoms with Crippen LogP contribution in [-0.4, -0.2) is 41.4 Å². The summed E-state index contributed by atoms with van der Waals surface area (Å²) in [5.41, 5.74) is 6.99. The second-order valence-corrected chi connectivity index (χ2v) is 5.26. The number of amides is 1. The van der Waals surface area contributed by atoms with Crippen molar-refractivity contribution in [1.29, 1.82) is 0 Å². The van der Waals surface area contributed by atoms with Crippen molar-refractivity contribution in [2.75, 3.05) is 24.6 Å². The first kappa shape index (κ1) is 12.5. The fourth-order valence-electron chi connectivity index (χ4n) is 2.06. The third kappa shape index (κ3) is 3.23. The van der Waals surface area contributed by atoms with Gasteiger partial charge in [-0.1, -0.05) is 30.3 Å². The lowest BCUT2D eigenvalue weighted by atomic mass is 10.1. The van der Waals surface area contributed by atoms with Crippen molar-refractivity contribution in [3.8, 4) is 0 Å². The van der Waals surface area contributed by atoms with Gasteiger partial charge in [0.25, 0.3) is 0 Å². The van der Waals surface area contributed by atoms with Crippen LogP contribution in [-0.2, 0) is 11.2 Å². The summed E-state index contributed by atoms with van der Waals surface area (Å²) >= 11 is 1.69. The fraction of sp³-hybridized carbons (Fsp3) is 0.462. The van der Waals surface area contributed by atoms with Crippen LogP contribution in [0, 0.1) is 0 Å². The summed E-state index contributed by atoms with van der Waals surface area (Å²) in [5, 5.41) is 0. The molecule has 17 heavy (non-hydrogen) atoms. The molecule has 0 aromatic heterocycles. The van der Waals surface area contributed by atoms with Gasteiger partial charge in [-0.25, -0.2) is 0 Å². The molecule has 1 aromatic carbocycles. The van der Waals surface area contributed by atoms with E-state index in [0.29, 0.717) is 12.3 Å². The number of nitrogens with two attached hydrogens (primary N) is 1. The highest BCUT2D eigenvalue weighted by Crippen LogP contribution is 2.17. The van der Waals surface area contributed by atoms with Gasteiger partial charge in [-0.2, -0.15) is 0 Å². The van der Waals surface area contributed by atoms with Crippen LogP contribution in [0.1, 0.15) is 5.56 Å². The van der Waals surface area contributed by atoms with E-state index in [0.717, 1.165) is 18.7 Å². The lowest BCUT2D eigenvalue weighted by molar-refractivity contribution is -0.130. The van der Waals surface area contributed by atoms with Crippen LogP contribution in [0.25, 0.3) is 0 Å². The molecule has 1 fully saturated rings. The molecule has 4 heteroatoms. The van der Waals surface area contributed by atoms with Gasteiger partial charge in [0.2, 0.25) is 5.91 Å². The van der Waals surface area contributed by atoms with Gasteiger partial charge in [0.1, 0.15) is 0 Å². The quantitative estimate of drug-likeness (QED) is 0.871. The summed E-state index contributed by atoms with van der Waals surface area (Å²) in [4.78, 5) is 13.8. The molecule has 0 saturated carbocycles. The number of nitrogens with zero attached hydrogens (tertiary/aromatic N) is 1. The number of benzene rings is 1. The Morgan fingerprint density at radius 2 is 2.12 bits per heavy atom. The summed E-state index contributed by atoms with van der Waals surface area (Å²) in [6, 6.07) is 10.5. The van der Waals surface area contributed by atoms with Gasteiger partial charge in [-0.3, -0.25) is 4.79 Å². The minimum atomic E-state index is 0.213. The molecule has 0 radical (unpaired) electrons. The molecular formula is C13H18N2OS. The minimum Gasteiger partial charge on any atom is -0.337 e. The summed E-state index contributed by atoms with van der Waals surface area (Å²) in [6.45, 7) is 1.35. The van der Waals surface area contributed by atoms with E-state index in [1.54, 1.807) is 11.8 Å². The van der Waals surface area contributed by atoms with E-state index in [1.165, 1.54) is 5.56 Å². The summed E-state index contributed by atoms with van der Waals surface area (Å²) < 4.78 is 0. The van der Waals surface area contributed by atoms with Crippen molar-refractivity contribution in [2.45, 2.75) is 12.5 Å². The summed E-state index contributed by atoms with van der Waals surface area (Å²) in [6.07, 6.45) is 0.910. The summed E-state index contributed by atoms with van der Waals surface area (Å²) in [5.74, 6) is 1.80. The first-order chi connectivity index (χ1) is 8.31. The first-order valence-corrected chi connectivity index (χ1v) is 7.08. The molecule has 1 saturated heterocycles. The highest BCUT2D eigenvalue weighted by molar-refractivity contribution is 8.00. The SMILES string of the molecule is NCC1CSCC(=O)N1CCc1ccccc1. The van der Waals surface area contributed by atoms with E-state index in [1.807, 2.05) is 23.1 Å². The molecular weight excluding hydrogens is 232 g/mol. The topological polar surface area (TPSA) is 46.3 Å². The van der Waals surface area contributed by atoms with Gasteiger partial charge in [-0.05, 0) is 12.0 Å². The van der Waals surface area contributed by atoms with Crippen LogP contribution in [0.4, 0.5) is 0 Å². The van der Waals surface area contributed by atoms with Crippen molar-refractivity contribution in [3.05, 3.63) is 35.9 Å². The van der Waals surface area contributed by atoms with E-state index >= 15 is 0 Å². The maximum absolute atomic E-state index is 11.8. The lowest BCUT2D eigenvalue weighted by Gasteiger charge is -2.34. The molecule has 1 atom stereocenters. The monoisotopic (exact) mass is 250 g/mol. The molecule has 0 aliphatic carbocycles. The molecule has 3 nitrogen and oxygen atoms in total. The van der Waals surface area contributed by atoms with Crippen LogP contribution in [0.2, 0.25) is 0 Å². The van der Waals surface area contributed by atoms with Gasteiger partial charge >= 0.3 is 0 Å². The second kappa shape index (κ2) is 6.07. The van der Waals surface area contributed by atoms with E-state index in [4.69, 9.17) is 5.73 Å². The Bertz CT molecular complexity index is 369. The zero-order chi connectivity index (χ0) is 12.1. The Morgan fingerprint density at radius 1 is 1.35 bits per heavy atom. The molecule has 0 bridgehead atoms. The third-order valence-corrected chi connectivity index (χ3v) is 4.12. The Balaban J connectivity index is 1.94. The fourth-order valence-corrected chi connectivity index (χ4v) is 3.10. The smallest absolute Gasteiger partial charge is 0.232 e. The van der Waals surface area contributed by atoms with E-state index < -0.39 is 0 Å². The lowest BCUT2D eigenvalue weighted by Crippen LogP contribution is -2.50. The van der Waals surface area contributed by atoms with Crippen LogP contribution in [0.5, 0.6) is 0 Å². The van der Waals surface area contributed by atoms with Gasteiger partial charge in [0.15, 0.2) is 0 Å². The molecule has 2 N–H and O–H groups in total. The highest BCUT2D eigenvalue weighted by Gasteiger charge is 2.26. The van der Waals surface area contributed by atoms with E-state index in [-0.39, 0.29) is 11.9 Å². The Morgan fingerprint density at radius 3 is 2.82 bits per heavy atom. The van der Waals surface area contributed by atoms with Gasteiger partial charge < -0.3 is 10.6 Å². The molecule has 92 valence electrons. The van der Waals surface area contributed by atoms with Crippen LogP contribution < -0.4 is 5.73 Å².